The maximum atomic E-state index is 10.8. The van der Waals surface area contributed by atoms with Crippen LogP contribution in [-0.4, -0.2) is 24.4 Å². The maximum Gasteiger partial charge on any atom is 0.330 e. The van der Waals surface area contributed by atoms with E-state index in [2.05, 4.69) is 15.0 Å². The summed E-state index contributed by atoms with van der Waals surface area (Å²) in [6.45, 7) is 1.71. The molecule has 2 aromatic rings. The Labute approximate surface area is 94.9 Å². The third kappa shape index (κ3) is 1.72. The number of nitro groups is 1. The standard InChI is InChI=1S/C8H6ClN5O2/c1-5-10-2-3-13(5)7-6(14(15)16)4-11-8(9)12-7/h2-4H,1H3. The van der Waals surface area contributed by atoms with Crippen LogP contribution in [0.2, 0.25) is 5.28 Å². The molecule has 2 heterocycles. The number of hydrogen-bond donors (Lipinski definition) is 0. The average Bonchev–Trinajstić information content (AvgIpc) is 2.63. The summed E-state index contributed by atoms with van der Waals surface area (Å²) in [4.78, 5) is 21.6. The van der Waals surface area contributed by atoms with Gasteiger partial charge in [-0.15, -0.1) is 0 Å². The van der Waals surface area contributed by atoms with Crippen molar-refractivity contribution in [3.05, 3.63) is 39.8 Å². The van der Waals surface area contributed by atoms with Crippen LogP contribution >= 0.6 is 11.6 Å². The third-order valence-electron chi connectivity index (χ3n) is 1.97. The van der Waals surface area contributed by atoms with Crippen LogP contribution in [0.25, 0.3) is 5.82 Å². The molecule has 0 aromatic carbocycles. The average molecular weight is 240 g/mol. The minimum atomic E-state index is -0.564. The van der Waals surface area contributed by atoms with E-state index in [9.17, 15) is 10.1 Å². The molecule has 0 fully saturated rings. The van der Waals surface area contributed by atoms with Crippen molar-refractivity contribution in [1.29, 1.82) is 0 Å². The van der Waals surface area contributed by atoms with Crippen molar-refractivity contribution in [2.24, 2.45) is 0 Å². The molecule has 0 saturated carbocycles. The molecule has 0 radical (unpaired) electrons. The van der Waals surface area contributed by atoms with Crippen LogP contribution in [0.4, 0.5) is 5.69 Å². The second kappa shape index (κ2) is 3.86. The second-order valence-electron chi connectivity index (χ2n) is 2.95. The Hall–Kier alpha value is -2.02. The summed E-state index contributed by atoms with van der Waals surface area (Å²) in [5, 5.41) is 10.7. The lowest BCUT2D eigenvalue weighted by molar-refractivity contribution is -0.385. The van der Waals surface area contributed by atoms with E-state index >= 15 is 0 Å². The zero-order chi connectivity index (χ0) is 11.7. The molecule has 2 rings (SSSR count). The van der Waals surface area contributed by atoms with Gasteiger partial charge in [-0.25, -0.2) is 9.97 Å². The van der Waals surface area contributed by atoms with Crippen molar-refractivity contribution < 1.29 is 4.92 Å². The van der Waals surface area contributed by atoms with E-state index in [-0.39, 0.29) is 16.8 Å². The Morgan fingerprint density at radius 2 is 2.25 bits per heavy atom. The highest BCUT2D eigenvalue weighted by atomic mass is 35.5. The fourth-order valence-corrected chi connectivity index (χ4v) is 1.38. The molecule has 0 unspecified atom stereocenters. The lowest BCUT2D eigenvalue weighted by atomic mass is 10.4. The van der Waals surface area contributed by atoms with Gasteiger partial charge in [0.1, 0.15) is 12.0 Å². The third-order valence-corrected chi connectivity index (χ3v) is 2.15. The van der Waals surface area contributed by atoms with E-state index < -0.39 is 4.92 Å². The number of nitrogens with zero attached hydrogens (tertiary/aromatic N) is 5. The summed E-state index contributed by atoms with van der Waals surface area (Å²) in [6, 6.07) is 0. The van der Waals surface area contributed by atoms with Crippen LogP contribution in [0.5, 0.6) is 0 Å². The fourth-order valence-electron chi connectivity index (χ4n) is 1.25. The molecular weight excluding hydrogens is 234 g/mol. The molecule has 0 aliphatic carbocycles. The molecular formula is C8H6ClN5O2. The Morgan fingerprint density at radius 3 is 2.81 bits per heavy atom. The molecule has 82 valence electrons. The van der Waals surface area contributed by atoms with E-state index in [0.717, 1.165) is 6.20 Å². The molecule has 0 amide bonds. The van der Waals surface area contributed by atoms with E-state index in [4.69, 9.17) is 11.6 Å². The molecule has 2 aromatic heterocycles. The topological polar surface area (TPSA) is 86.7 Å². The highest BCUT2D eigenvalue weighted by molar-refractivity contribution is 6.28. The predicted molar refractivity (Wildman–Crippen MR) is 55.6 cm³/mol. The largest absolute Gasteiger partial charge is 0.330 e. The van der Waals surface area contributed by atoms with Crippen LogP contribution in [0.1, 0.15) is 5.82 Å². The van der Waals surface area contributed by atoms with Crippen molar-refractivity contribution in [2.75, 3.05) is 0 Å². The summed E-state index contributed by atoms with van der Waals surface area (Å²) in [7, 11) is 0. The van der Waals surface area contributed by atoms with Crippen LogP contribution in [0.3, 0.4) is 0 Å². The van der Waals surface area contributed by atoms with Crippen molar-refractivity contribution in [3.8, 4) is 5.82 Å². The van der Waals surface area contributed by atoms with Gasteiger partial charge in [-0.3, -0.25) is 14.7 Å². The Morgan fingerprint density at radius 1 is 1.50 bits per heavy atom. The summed E-state index contributed by atoms with van der Waals surface area (Å²) in [6.07, 6.45) is 4.17. The second-order valence-corrected chi connectivity index (χ2v) is 3.29. The summed E-state index contributed by atoms with van der Waals surface area (Å²) >= 11 is 5.61. The first-order valence-electron chi connectivity index (χ1n) is 4.27. The smallest absolute Gasteiger partial charge is 0.282 e. The Balaban J connectivity index is 2.67. The van der Waals surface area contributed by atoms with Crippen LogP contribution in [0, 0.1) is 17.0 Å². The monoisotopic (exact) mass is 239 g/mol. The van der Waals surface area contributed by atoms with Crippen molar-refractivity contribution in [3.63, 3.8) is 0 Å². The van der Waals surface area contributed by atoms with Crippen LogP contribution in [0.15, 0.2) is 18.6 Å². The molecule has 0 aliphatic rings. The quantitative estimate of drug-likeness (QED) is 0.451. The number of aryl methyl sites for hydroxylation is 1. The Bertz CT molecular complexity index is 553. The Kier molecular flexibility index (Phi) is 2.53. The van der Waals surface area contributed by atoms with Gasteiger partial charge in [0.25, 0.3) is 0 Å². The van der Waals surface area contributed by atoms with Crippen LogP contribution < -0.4 is 0 Å². The lowest BCUT2D eigenvalue weighted by Gasteiger charge is -2.04. The fraction of sp³-hybridized carbons (Fsp3) is 0.125. The van der Waals surface area contributed by atoms with Crippen molar-refractivity contribution in [2.45, 2.75) is 6.92 Å². The van der Waals surface area contributed by atoms with Gasteiger partial charge in [-0.2, -0.15) is 4.98 Å². The first-order chi connectivity index (χ1) is 7.59. The molecule has 0 aliphatic heterocycles. The van der Waals surface area contributed by atoms with Crippen molar-refractivity contribution >= 4 is 17.3 Å². The first kappa shape index (κ1) is 10.5. The molecule has 0 atom stereocenters. The molecule has 0 N–H and O–H groups in total. The molecule has 0 saturated heterocycles. The molecule has 16 heavy (non-hydrogen) atoms. The number of hydrogen-bond acceptors (Lipinski definition) is 5. The zero-order valence-corrected chi connectivity index (χ0v) is 8.92. The molecule has 7 nitrogen and oxygen atoms in total. The highest BCUT2D eigenvalue weighted by Crippen LogP contribution is 2.21. The van der Waals surface area contributed by atoms with E-state index in [1.807, 2.05) is 0 Å². The maximum absolute atomic E-state index is 10.8. The minimum absolute atomic E-state index is 0.0475. The molecule has 8 heteroatoms. The summed E-state index contributed by atoms with van der Waals surface area (Å²) < 4.78 is 1.48. The van der Waals surface area contributed by atoms with Gasteiger partial charge in [0.05, 0.1) is 4.92 Å². The van der Waals surface area contributed by atoms with Crippen LogP contribution in [-0.2, 0) is 0 Å². The van der Waals surface area contributed by atoms with E-state index in [1.165, 1.54) is 10.8 Å². The zero-order valence-electron chi connectivity index (χ0n) is 8.16. The summed E-state index contributed by atoms with van der Waals surface area (Å²) in [5.74, 6) is 0.692. The van der Waals surface area contributed by atoms with Crippen molar-refractivity contribution in [1.82, 2.24) is 19.5 Å². The minimum Gasteiger partial charge on any atom is -0.282 e. The highest BCUT2D eigenvalue weighted by Gasteiger charge is 2.19. The normalized spacial score (nSPS) is 10.4. The number of rotatable bonds is 2. The van der Waals surface area contributed by atoms with Gasteiger partial charge in [-0.05, 0) is 18.5 Å². The number of imidazole rings is 1. The lowest BCUT2D eigenvalue weighted by Crippen LogP contribution is -2.05. The van der Waals surface area contributed by atoms with E-state index in [0.29, 0.717) is 5.82 Å². The van der Waals surface area contributed by atoms with Gasteiger partial charge < -0.3 is 0 Å². The van der Waals surface area contributed by atoms with E-state index in [1.54, 1.807) is 13.1 Å². The predicted octanol–water partition coefficient (Wildman–Crippen LogP) is 1.53. The number of aromatic nitrogens is 4. The van der Waals surface area contributed by atoms with Gasteiger partial charge >= 0.3 is 5.69 Å². The van der Waals surface area contributed by atoms with Gasteiger partial charge in [0.15, 0.2) is 0 Å². The number of halogens is 1. The van der Waals surface area contributed by atoms with Gasteiger partial charge in [-0.1, -0.05) is 0 Å². The molecule has 0 bridgehead atoms. The summed E-state index contributed by atoms with van der Waals surface area (Å²) in [5.41, 5.74) is -0.217. The first-order valence-corrected chi connectivity index (χ1v) is 4.64. The SMILES string of the molecule is Cc1nccn1-c1nc(Cl)ncc1[N+](=O)[O-]. The van der Waals surface area contributed by atoms with Gasteiger partial charge in [0.2, 0.25) is 11.1 Å². The molecule has 0 spiro atoms. The van der Waals surface area contributed by atoms with Gasteiger partial charge in [0, 0.05) is 12.4 Å².